The van der Waals surface area contributed by atoms with Crippen molar-refractivity contribution in [2.45, 2.75) is 31.1 Å². The van der Waals surface area contributed by atoms with Crippen LogP contribution in [0.2, 0.25) is 0 Å². The first-order valence-electron chi connectivity index (χ1n) is 8.22. The van der Waals surface area contributed by atoms with Gasteiger partial charge in [0, 0.05) is 22.2 Å². The van der Waals surface area contributed by atoms with Crippen molar-refractivity contribution in [3.63, 3.8) is 0 Å². The van der Waals surface area contributed by atoms with Crippen molar-refractivity contribution in [2.75, 3.05) is 0 Å². The van der Waals surface area contributed by atoms with Gasteiger partial charge in [0.2, 0.25) is 0 Å². The van der Waals surface area contributed by atoms with E-state index < -0.39 is 10.1 Å². The molecule has 6 heteroatoms. The van der Waals surface area contributed by atoms with Crippen molar-refractivity contribution in [1.29, 1.82) is 0 Å². The zero-order valence-corrected chi connectivity index (χ0v) is 14.6. The van der Waals surface area contributed by atoms with Gasteiger partial charge in [-0.1, -0.05) is 41.1 Å². The van der Waals surface area contributed by atoms with E-state index in [0.29, 0.717) is 12.1 Å². The number of rotatable bonds is 3. The fourth-order valence-electron chi connectivity index (χ4n) is 3.21. The Morgan fingerprint density at radius 3 is 2.60 bits per heavy atom. The predicted octanol–water partition coefficient (Wildman–Crippen LogP) is 3.92. The molecule has 1 heterocycles. The molecule has 0 amide bonds. The Morgan fingerprint density at radius 1 is 1.04 bits per heavy atom. The summed E-state index contributed by atoms with van der Waals surface area (Å²) in [5.74, 6) is 0. The average molecular weight is 354 g/mol. The van der Waals surface area contributed by atoms with E-state index in [-0.39, 0.29) is 4.90 Å². The number of aromatic nitrogens is 1. The van der Waals surface area contributed by atoms with E-state index in [1.165, 1.54) is 12.1 Å². The molecule has 0 fully saturated rings. The number of aryl methyl sites for hydroxylation is 2. The zero-order chi connectivity index (χ0) is 17.4. The van der Waals surface area contributed by atoms with Crippen LogP contribution in [0.1, 0.15) is 29.7 Å². The van der Waals surface area contributed by atoms with Crippen LogP contribution in [0.4, 0.5) is 0 Å². The second-order valence-corrected chi connectivity index (χ2v) is 7.79. The maximum Gasteiger partial charge on any atom is 0.358 e. The third kappa shape index (κ3) is 2.93. The predicted molar refractivity (Wildman–Crippen MR) is 97.2 cm³/mol. The molecule has 1 aliphatic rings. The lowest BCUT2D eigenvalue weighted by Crippen LogP contribution is -2.13. The molecule has 0 unspecified atom stereocenters. The normalized spacial score (nSPS) is 16.1. The molecule has 25 heavy (non-hydrogen) atoms. The van der Waals surface area contributed by atoms with E-state index in [1.807, 2.05) is 31.2 Å². The van der Waals surface area contributed by atoms with Crippen molar-refractivity contribution < 1.29 is 12.7 Å². The van der Waals surface area contributed by atoms with Crippen LogP contribution in [0.25, 0.3) is 10.9 Å². The van der Waals surface area contributed by atoms with Crippen LogP contribution in [0, 0.1) is 6.92 Å². The van der Waals surface area contributed by atoms with Crippen molar-refractivity contribution in [3.8, 4) is 0 Å². The molecular formula is C19H18N2O3S. The highest BCUT2D eigenvalue weighted by atomic mass is 32.2. The lowest BCUT2D eigenvalue weighted by molar-refractivity contribution is 0.337. The molecule has 1 aliphatic carbocycles. The molecule has 0 atom stereocenters. The largest absolute Gasteiger partial charge is 0.358 e. The molecule has 0 aliphatic heterocycles. The number of benzene rings is 2. The molecular weight excluding hydrogens is 336 g/mol. The van der Waals surface area contributed by atoms with Crippen LogP contribution >= 0.6 is 0 Å². The summed E-state index contributed by atoms with van der Waals surface area (Å²) in [7, 11) is -3.91. The van der Waals surface area contributed by atoms with Crippen molar-refractivity contribution >= 4 is 26.7 Å². The summed E-state index contributed by atoms with van der Waals surface area (Å²) >= 11 is 0. The summed E-state index contributed by atoms with van der Waals surface area (Å²) in [6, 6.07) is 14.5. The Balaban J connectivity index is 1.71. The van der Waals surface area contributed by atoms with E-state index in [1.54, 1.807) is 12.1 Å². The molecule has 0 saturated carbocycles. The summed E-state index contributed by atoms with van der Waals surface area (Å²) in [5.41, 5.74) is 4.75. The average Bonchev–Trinajstić information content (AvgIpc) is 2.99. The summed E-state index contributed by atoms with van der Waals surface area (Å²) in [5, 5.41) is 5.07. The molecule has 0 saturated heterocycles. The summed E-state index contributed by atoms with van der Waals surface area (Å²) in [6.07, 6.45) is 2.53. The van der Waals surface area contributed by atoms with Gasteiger partial charge in [-0.2, -0.15) is 8.42 Å². The van der Waals surface area contributed by atoms with Crippen LogP contribution in [0.3, 0.4) is 0 Å². The number of aromatic amines is 1. The van der Waals surface area contributed by atoms with Crippen LogP contribution < -0.4 is 0 Å². The lowest BCUT2D eigenvalue weighted by Gasteiger charge is -2.13. The molecule has 1 aromatic heterocycles. The van der Waals surface area contributed by atoms with Crippen LogP contribution in [0.5, 0.6) is 0 Å². The molecule has 3 aromatic rings. The van der Waals surface area contributed by atoms with Crippen molar-refractivity contribution in [1.82, 2.24) is 4.98 Å². The van der Waals surface area contributed by atoms with Gasteiger partial charge in [-0.25, -0.2) is 0 Å². The van der Waals surface area contributed by atoms with E-state index in [4.69, 9.17) is 4.28 Å². The first-order valence-corrected chi connectivity index (χ1v) is 9.62. The van der Waals surface area contributed by atoms with Gasteiger partial charge >= 0.3 is 10.1 Å². The van der Waals surface area contributed by atoms with Gasteiger partial charge in [-0.3, -0.25) is 4.28 Å². The monoisotopic (exact) mass is 354 g/mol. The second kappa shape index (κ2) is 6.04. The fraction of sp³-hybridized carbons (Fsp3) is 0.211. The minimum atomic E-state index is -3.91. The lowest BCUT2D eigenvalue weighted by atomic mass is 9.94. The van der Waals surface area contributed by atoms with Crippen LogP contribution in [-0.2, 0) is 20.8 Å². The molecule has 1 N–H and O–H groups in total. The third-order valence-corrected chi connectivity index (χ3v) is 5.59. The highest BCUT2D eigenvalue weighted by molar-refractivity contribution is 7.86. The SMILES string of the molecule is Cc1ccc(S(=O)(=O)O/N=C2\CCCc3[nH]c4ccccc4c32)cc1. The number of oxime groups is 1. The quantitative estimate of drug-likeness (QED) is 0.725. The van der Waals surface area contributed by atoms with Crippen LogP contribution in [-0.4, -0.2) is 19.1 Å². The molecule has 0 spiro atoms. The molecule has 5 nitrogen and oxygen atoms in total. The number of nitrogens with zero attached hydrogens (tertiary/aromatic N) is 1. The Morgan fingerprint density at radius 2 is 1.80 bits per heavy atom. The standard InChI is InChI=1S/C19H18N2O3S/c1-13-9-11-14(12-10-13)25(22,23)24-21-18-8-4-7-17-19(18)15-5-2-3-6-16(15)20-17/h2-3,5-6,9-12,20H,4,7-8H2,1H3/b21-18+. The van der Waals surface area contributed by atoms with Crippen LogP contribution in [0.15, 0.2) is 58.6 Å². The third-order valence-electron chi connectivity index (χ3n) is 4.47. The molecule has 0 radical (unpaired) electrons. The molecule has 4 rings (SSSR count). The van der Waals surface area contributed by atoms with Crippen molar-refractivity contribution in [3.05, 3.63) is 65.4 Å². The summed E-state index contributed by atoms with van der Waals surface area (Å²) < 4.78 is 29.7. The number of hydrogen-bond donors (Lipinski definition) is 1. The topological polar surface area (TPSA) is 71.5 Å². The molecule has 2 aromatic carbocycles. The first kappa shape index (κ1) is 15.9. The number of H-pyrrole nitrogens is 1. The summed E-state index contributed by atoms with van der Waals surface area (Å²) in [4.78, 5) is 3.50. The van der Waals surface area contributed by atoms with Gasteiger partial charge in [0.05, 0.1) is 5.71 Å². The number of para-hydroxylation sites is 1. The van der Waals surface area contributed by atoms with Gasteiger partial charge < -0.3 is 4.98 Å². The smallest absolute Gasteiger partial charge is 0.358 e. The minimum Gasteiger partial charge on any atom is -0.358 e. The fourth-order valence-corrected chi connectivity index (χ4v) is 3.95. The maximum absolute atomic E-state index is 12.4. The van der Waals surface area contributed by atoms with E-state index >= 15 is 0 Å². The Labute approximate surface area is 146 Å². The second-order valence-electron chi connectivity index (χ2n) is 6.26. The maximum atomic E-state index is 12.4. The van der Waals surface area contributed by atoms with E-state index in [9.17, 15) is 8.42 Å². The van der Waals surface area contributed by atoms with Gasteiger partial charge in [0.25, 0.3) is 0 Å². The zero-order valence-electron chi connectivity index (χ0n) is 13.8. The van der Waals surface area contributed by atoms with E-state index in [2.05, 4.69) is 10.1 Å². The number of fused-ring (bicyclic) bond motifs is 3. The molecule has 0 bridgehead atoms. The minimum absolute atomic E-state index is 0.109. The first-order chi connectivity index (χ1) is 12.0. The molecule has 128 valence electrons. The van der Waals surface area contributed by atoms with Gasteiger partial charge in [-0.05, 0) is 44.4 Å². The van der Waals surface area contributed by atoms with Gasteiger partial charge in [0.15, 0.2) is 0 Å². The Kier molecular flexibility index (Phi) is 3.84. The highest BCUT2D eigenvalue weighted by Crippen LogP contribution is 2.29. The van der Waals surface area contributed by atoms with Crippen molar-refractivity contribution in [2.24, 2.45) is 5.16 Å². The highest BCUT2D eigenvalue weighted by Gasteiger charge is 2.23. The number of hydrogen-bond acceptors (Lipinski definition) is 4. The Hall–Kier alpha value is -2.60. The van der Waals surface area contributed by atoms with E-state index in [0.717, 1.165) is 40.6 Å². The Bertz CT molecular complexity index is 1060. The van der Waals surface area contributed by atoms with Gasteiger partial charge in [0.1, 0.15) is 4.90 Å². The summed E-state index contributed by atoms with van der Waals surface area (Å²) in [6.45, 7) is 1.90. The number of nitrogens with one attached hydrogen (secondary N) is 1. The van der Waals surface area contributed by atoms with Gasteiger partial charge in [-0.15, -0.1) is 0 Å².